The number of aromatic nitrogens is 2. The van der Waals surface area contributed by atoms with Crippen LogP contribution >= 0.6 is 0 Å². The van der Waals surface area contributed by atoms with Crippen molar-refractivity contribution in [3.8, 4) is 39.2 Å². The molecule has 52 heavy (non-hydrogen) atoms. The number of rotatable bonds is 4. The van der Waals surface area contributed by atoms with Gasteiger partial charge in [0.05, 0.1) is 22.2 Å². The van der Waals surface area contributed by atoms with Gasteiger partial charge in [-0.15, -0.1) is 0 Å². The molecule has 0 N–H and O–H groups in total. The van der Waals surface area contributed by atoms with Gasteiger partial charge in [-0.2, -0.15) is 0 Å². The standard InChI is InChI=1S/C49H30N2O/c1-3-15-31(16-4-1)49-39-30-44-48(38-23-9-12-28-43(38)52-44)45(47(39)36-21-7-10-25-40(36)50-49)33-18-13-17-32(29-33)35-24-14-27-42-46(35)37-22-8-11-26-41(37)51(42)34-19-5-2-6-20-34/h1-30H. The molecule has 242 valence electrons. The molecular formula is C49H30N2O. The minimum atomic E-state index is 0.858. The van der Waals surface area contributed by atoms with Crippen LogP contribution in [0.1, 0.15) is 0 Å². The summed E-state index contributed by atoms with van der Waals surface area (Å²) in [6, 6.07) is 64.8. The summed E-state index contributed by atoms with van der Waals surface area (Å²) in [6.07, 6.45) is 0. The zero-order valence-corrected chi connectivity index (χ0v) is 28.1. The number of furan rings is 1. The van der Waals surface area contributed by atoms with E-state index in [0.29, 0.717) is 0 Å². The SMILES string of the molecule is c1ccc(-c2nc3ccccc3c3c(-c4cccc(-c5cccc6c5c5ccccc5n6-c5ccccc5)c4)c4c(cc23)oc2ccccc24)cc1. The Hall–Kier alpha value is -6.97. The van der Waals surface area contributed by atoms with Gasteiger partial charge in [0.1, 0.15) is 11.2 Å². The maximum atomic E-state index is 6.66. The second-order valence-corrected chi connectivity index (χ2v) is 13.5. The summed E-state index contributed by atoms with van der Waals surface area (Å²) < 4.78 is 9.04. The van der Waals surface area contributed by atoms with Gasteiger partial charge in [-0.05, 0) is 65.2 Å². The fourth-order valence-electron chi connectivity index (χ4n) is 8.38. The van der Waals surface area contributed by atoms with Gasteiger partial charge >= 0.3 is 0 Å². The van der Waals surface area contributed by atoms with E-state index < -0.39 is 0 Å². The maximum Gasteiger partial charge on any atom is 0.136 e. The second kappa shape index (κ2) is 11.3. The van der Waals surface area contributed by atoms with Gasteiger partial charge in [0, 0.05) is 54.5 Å². The molecule has 3 nitrogen and oxygen atoms in total. The lowest BCUT2D eigenvalue weighted by Crippen LogP contribution is -1.93. The molecule has 0 amide bonds. The van der Waals surface area contributed by atoms with Gasteiger partial charge in [0.25, 0.3) is 0 Å². The zero-order chi connectivity index (χ0) is 34.2. The third-order valence-corrected chi connectivity index (χ3v) is 10.5. The van der Waals surface area contributed by atoms with Crippen LogP contribution in [0.5, 0.6) is 0 Å². The van der Waals surface area contributed by atoms with E-state index in [1.54, 1.807) is 0 Å². The first kappa shape index (κ1) is 28.8. The van der Waals surface area contributed by atoms with Gasteiger partial charge in [0.15, 0.2) is 0 Å². The first-order chi connectivity index (χ1) is 25.8. The number of nitrogens with zero attached hydrogens (tertiary/aromatic N) is 2. The highest BCUT2D eigenvalue weighted by Crippen LogP contribution is 2.47. The number of para-hydroxylation sites is 4. The summed E-state index contributed by atoms with van der Waals surface area (Å²) >= 11 is 0. The molecule has 0 aliphatic rings. The van der Waals surface area contributed by atoms with Crippen molar-refractivity contribution in [1.29, 1.82) is 0 Å². The van der Waals surface area contributed by atoms with Gasteiger partial charge < -0.3 is 8.98 Å². The Morgan fingerprint density at radius 3 is 1.92 bits per heavy atom. The summed E-state index contributed by atoms with van der Waals surface area (Å²) in [5, 5.41) is 8.09. The average molecular weight is 663 g/mol. The molecule has 0 unspecified atom stereocenters. The summed E-state index contributed by atoms with van der Waals surface area (Å²) in [6.45, 7) is 0. The fraction of sp³-hybridized carbons (Fsp3) is 0. The van der Waals surface area contributed by atoms with Crippen molar-refractivity contribution in [3.63, 3.8) is 0 Å². The van der Waals surface area contributed by atoms with Crippen LogP contribution in [-0.4, -0.2) is 9.55 Å². The van der Waals surface area contributed by atoms with Crippen LogP contribution < -0.4 is 0 Å². The molecule has 0 bridgehead atoms. The second-order valence-electron chi connectivity index (χ2n) is 13.5. The molecular weight excluding hydrogens is 633 g/mol. The Bertz CT molecular complexity index is 3170. The first-order valence-corrected chi connectivity index (χ1v) is 17.7. The van der Waals surface area contributed by atoms with Crippen LogP contribution in [-0.2, 0) is 0 Å². The van der Waals surface area contributed by atoms with E-state index >= 15 is 0 Å². The van der Waals surface area contributed by atoms with Gasteiger partial charge in [0.2, 0.25) is 0 Å². The average Bonchev–Trinajstić information content (AvgIpc) is 3.76. The largest absolute Gasteiger partial charge is 0.456 e. The monoisotopic (exact) mass is 662 g/mol. The Labute approximate surface area is 299 Å². The lowest BCUT2D eigenvalue weighted by atomic mass is 9.88. The molecule has 11 aromatic rings. The number of fused-ring (bicyclic) bond motifs is 9. The number of benzene rings is 8. The number of hydrogen-bond donors (Lipinski definition) is 0. The van der Waals surface area contributed by atoms with E-state index in [9.17, 15) is 0 Å². The van der Waals surface area contributed by atoms with E-state index in [-0.39, 0.29) is 0 Å². The minimum Gasteiger partial charge on any atom is -0.456 e. The molecule has 0 radical (unpaired) electrons. The number of pyridine rings is 1. The van der Waals surface area contributed by atoms with Crippen LogP contribution in [0.15, 0.2) is 186 Å². The smallest absolute Gasteiger partial charge is 0.136 e. The predicted molar refractivity (Wildman–Crippen MR) is 217 cm³/mol. The highest BCUT2D eigenvalue weighted by atomic mass is 16.3. The van der Waals surface area contributed by atoms with E-state index in [4.69, 9.17) is 9.40 Å². The predicted octanol–water partition coefficient (Wildman–Crippen LogP) is 13.4. The topological polar surface area (TPSA) is 31.0 Å². The molecule has 0 saturated heterocycles. The van der Waals surface area contributed by atoms with Crippen molar-refractivity contribution in [2.45, 2.75) is 0 Å². The lowest BCUT2D eigenvalue weighted by molar-refractivity contribution is 0.669. The van der Waals surface area contributed by atoms with Gasteiger partial charge in [-0.25, -0.2) is 4.98 Å². The number of hydrogen-bond acceptors (Lipinski definition) is 2. The van der Waals surface area contributed by atoms with Crippen molar-refractivity contribution in [2.75, 3.05) is 0 Å². The maximum absolute atomic E-state index is 6.66. The summed E-state index contributed by atoms with van der Waals surface area (Å²) in [5.41, 5.74) is 12.9. The van der Waals surface area contributed by atoms with Crippen molar-refractivity contribution in [3.05, 3.63) is 182 Å². The van der Waals surface area contributed by atoms with E-state index in [1.165, 1.54) is 38.3 Å². The molecule has 11 rings (SSSR count). The molecule has 0 aliphatic heterocycles. The zero-order valence-electron chi connectivity index (χ0n) is 28.1. The summed E-state index contributed by atoms with van der Waals surface area (Å²) in [7, 11) is 0. The summed E-state index contributed by atoms with van der Waals surface area (Å²) in [5.74, 6) is 0. The van der Waals surface area contributed by atoms with E-state index in [0.717, 1.165) is 66.3 Å². The molecule has 8 aromatic carbocycles. The van der Waals surface area contributed by atoms with Gasteiger partial charge in [-0.1, -0.05) is 133 Å². The molecule has 0 spiro atoms. The van der Waals surface area contributed by atoms with E-state index in [1.807, 2.05) is 6.07 Å². The molecule has 0 saturated carbocycles. The Morgan fingerprint density at radius 1 is 0.404 bits per heavy atom. The molecule has 3 heteroatoms. The molecule has 0 atom stereocenters. The van der Waals surface area contributed by atoms with E-state index in [2.05, 4.69) is 180 Å². The minimum absolute atomic E-state index is 0.858. The Kier molecular flexibility index (Phi) is 6.25. The van der Waals surface area contributed by atoms with Crippen molar-refractivity contribution < 1.29 is 4.42 Å². The molecule has 3 heterocycles. The Balaban J connectivity index is 1.26. The van der Waals surface area contributed by atoms with Crippen LogP contribution in [0.25, 0.3) is 105 Å². The highest BCUT2D eigenvalue weighted by Gasteiger charge is 2.22. The fourth-order valence-corrected chi connectivity index (χ4v) is 8.38. The normalized spacial score (nSPS) is 11.8. The highest BCUT2D eigenvalue weighted by molar-refractivity contribution is 6.28. The Morgan fingerprint density at radius 2 is 1.06 bits per heavy atom. The van der Waals surface area contributed by atoms with Crippen LogP contribution in [0.2, 0.25) is 0 Å². The molecule has 3 aromatic heterocycles. The van der Waals surface area contributed by atoms with Crippen LogP contribution in [0, 0.1) is 0 Å². The summed E-state index contributed by atoms with van der Waals surface area (Å²) in [4.78, 5) is 5.28. The van der Waals surface area contributed by atoms with Crippen molar-refractivity contribution >= 4 is 65.4 Å². The lowest BCUT2D eigenvalue weighted by Gasteiger charge is -2.16. The van der Waals surface area contributed by atoms with Crippen molar-refractivity contribution in [2.24, 2.45) is 0 Å². The molecule has 0 aliphatic carbocycles. The van der Waals surface area contributed by atoms with Crippen molar-refractivity contribution in [1.82, 2.24) is 9.55 Å². The van der Waals surface area contributed by atoms with Crippen LogP contribution in [0.3, 0.4) is 0 Å². The molecule has 0 fully saturated rings. The quantitative estimate of drug-likeness (QED) is 0.176. The van der Waals surface area contributed by atoms with Crippen LogP contribution in [0.4, 0.5) is 0 Å². The van der Waals surface area contributed by atoms with Gasteiger partial charge in [-0.3, -0.25) is 0 Å². The third kappa shape index (κ3) is 4.23. The third-order valence-electron chi connectivity index (χ3n) is 10.5. The first-order valence-electron chi connectivity index (χ1n) is 17.7.